The molecule has 0 aromatic carbocycles. The van der Waals surface area contributed by atoms with E-state index in [1.165, 1.54) is 14.1 Å². The zero-order valence-corrected chi connectivity index (χ0v) is 7.74. The lowest BCUT2D eigenvalue weighted by atomic mass is 10.7. The Hall–Kier alpha value is -0.820. The van der Waals surface area contributed by atoms with Gasteiger partial charge in [-0.05, 0) is 5.53 Å². The molecule has 0 saturated heterocycles. The lowest BCUT2D eigenvalue weighted by Crippen LogP contribution is -2.36. The summed E-state index contributed by atoms with van der Waals surface area (Å²) in [6.07, 6.45) is 0. The molecule has 8 heteroatoms. The summed E-state index contributed by atoms with van der Waals surface area (Å²) in [5.74, 6) is 0. The SMILES string of the molecule is CN(C)S(=O)(=O)NCCN=[N+]=[N-]. The van der Waals surface area contributed by atoms with Crippen LogP contribution in [0.2, 0.25) is 0 Å². The molecule has 0 saturated carbocycles. The molecule has 0 aromatic rings. The van der Waals surface area contributed by atoms with Crippen LogP contribution in [0.5, 0.6) is 0 Å². The van der Waals surface area contributed by atoms with Gasteiger partial charge in [-0.3, -0.25) is 0 Å². The molecule has 0 rings (SSSR count). The molecule has 0 unspecified atom stereocenters. The van der Waals surface area contributed by atoms with E-state index in [1.54, 1.807) is 0 Å². The maximum atomic E-state index is 11.0. The van der Waals surface area contributed by atoms with Gasteiger partial charge in [0.05, 0.1) is 0 Å². The summed E-state index contributed by atoms with van der Waals surface area (Å²) >= 11 is 0. The summed E-state index contributed by atoms with van der Waals surface area (Å²) < 4.78 is 25.2. The highest BCUT2D eigenvalue weighted by Gasteiger charge is 2.10. The van der Waals surface area contributed by atoms with E-state index in [2.05, 4.69) is 14.7 Å². The zero-order chi connectivity index (χ0) is 9.61. The highest BCUT2D eigenvalue weighted by molar-refractivity contribution is 7.87. The minimum Gasteiger partial charge on any atom is -0.202 e. The molecule has 0 bridgehead atoms. The van der Waals surface area contributed by atoms with Crippen LogP contribution >= 0.6 is 0 Å². The Morgan fingerprint density at radius 1 is 1.58 bits per heavy atom. The van der Waals surface area contributed by atoms with Gasteiger partial charge in [-0.15, -0.1) is 0 Å². The van der Waals surface area contributed by atoms with E-state index >= 15 is 0 Å². The molecule has 0 fully saturated rings. The Labute approximate surface area is 71.2 Å². The van der Waals surface area contributed by atoms with E-state index in [-0.39, 0.29) is 13.1 Å². The Morgan fingerprint density at radius 2 is 2.17 bits per heavy atom. The molecule has 0 aliphatic heterocycles. The molecule has 12 heavy (non-hydrogen) atoms. The number of nitrogens with one attached hydrogen (secondary N) is 1. The molecule has 7 nitrogen and oxygen atoms in total. The fourth-order valence-corrected chi connectivity index (χ4v) is 1.01. The minimum atomic E-state index is -3.38. The van der Waals surface area contributed by atoms with E-state index in [9.17, 15) is 8.42 Å². The van der Waals surface area contributed by atoms with Gasteiger partial charge < -0.3 is 0 Å². The summed E-state index contributed by atoms with van der Waals surface area (Å²) in [6.45, 7) is 0.230. The number of azide groups is 1. The first-order valence-corrected chi connectivity index (χ1v) is 4.62. The van der Waals surface area contributed by atoms with Crippen molar-refractivity contribution in [2.75, 3.05) is 27.2 Å². The van der Waals surface area contributed by atoms with Gasteiger partial charge in [0.1, 0.15) is 0 Å². The average Bonchev–Trinajstić information content (AvgIpc) is 1.98. The highest BCUT2D eigenvalue weighted by atomic mass is 32.2. The van der Waals surface area contributed by atoms with Gasteiger partial charge in [0, 0.05) is 32.1 Å². The monoisotopic (exact) mass is 193 g/mol. The van der Waals surface area contributed by atoms with Crippen LogP contribution in [0.3, 0.4) is 0 Å². The highest BCUT2D eigenvalue weighted by Crippen LogP contribution is 1.86. The molecular formula is C4H11N5O2S. The van der Waals surface area contributed by atoms with Crippen molar-refractivity contribution in [2.45, 2.75) is 0 Å². The van der Waals surface area contributed by atoms with Crippen molar-refractivity contribution in [1.82, 2.24) is 9.03 Å². The van der Waals surface area contributed by atoms with Crippen LogP contribution in [0.1, 0.15) is 0 Å². The topological polar surface area (TPSA) is 98.2 Å². The molecule has 1 N–H and O–H groups in total. The van der Waals surface area contributed by atoms with E-state index in [1.807, 2.05) is 0 Å². The van der Waals surface area contributed by atoms with Crippen molar-refractivity contribution in [3.8, 4) is 0 Å². The van der Waals surface area contributed by atoms with E-state index in [4.69, 9.17) is 5.53 Å². The molecule has 70 valence electrons. The molecule has 0 aromatic heterocycles. The van der Waals surface area contributed by atoms with Gasteiger partial charge in [-0.2, -0.15) is 12.7 Å². The maximum absolute atomic E-state index is 11.0. The summed E-state index contributed by atoms with van der Waals surface area (Å²) in [5, 5.41) is 3.17. The molecule has 0 atom stereocenters. The number of hydrogen-bond acceptors (Lipinski definition) is 3. The fourth-order valence-electron chi connectivity index (χ4n) is 0.398. The Balaban J connectivity index is 3.86. The Morgan fingerprint density at radius 3 is 2.58 bits per heavy atom. The van der Waals surface area contributed by atoms with Gasteiger partial charge in [-0.1, -0.05) is 5.11 Å². The molecule has 0 heterocycles. The van der Waals surface area contributed by atoms with Crippen LogP contribution in [-0.4, -0.2) is 39.9 Å². The van der Waals surface area contributed by atoms with Crippen molar-refractivity contribution in [2.24, 2.45) is 5.11 Å². The van der Waals surface area contributed by atoms with Crippen LogP contribution in [-0.2, 0) is 10.2 Å². The van der Waals surface area contributed by atoms with Crippen molar-refractivity contribution < 1.29 is 8.42 Å². The average molecular weight is 193 g/mol. The van der Waals surface area contributed by atoms with Gasteiger partial charge in [0.25, 0.3) is 10.2 Å². The third kappa shape index (κ3) is 4.14. The molecular weight excluding hydrogens is 182 g/mol. The third-order valence-corrected chi connectivity index (χ3v) is 2.57. The number of hydrogen-bond donors (Lipinski definition) is 1. The van der Waals surface area contributed by atoms with Gasteiger partial charge >= 0.3 is 0 Å². The van der Waals surface area contributed by atoms with Crippen molar-refractivity contribution in [1.29, 1.82) is 0 Å². The van der Waals surface area contributed by atoms with Crippen LogP contribution in [0.4, 0.5) is 0 Å². The van der Waals surface area contributed by atoms with E-state index < -0.39 is 10.2 Å². The second kappa shape index (κ2) is 4.94. The van der Waals surface area contributed by atoms with Crippen LogP contribution in [0, 0.1) is 0 Å². The second-order valence-electron chi connectivity index (χ2n) is 2.14. The summed E-state index contributed by atoms with van der Waals surface area (Å²) in [6, 6.07) is 0. The maximum Gasteiger partial charge on any atom is 0.278 e. The lowest BCUT2D eigenvalue weighted by molar-refractivity contribution is 0.506. The zero-order valence-electron chi connectivity index (χ0n) is 6.93. The third-order valence-electron chi connectivity index (χ3n) is 1.04. The van der Waals surface area contributed by atoms with Gasteiger partial charge in [0.15, 0.2) is 0 Å². The standard InChI is InChI=1S/C4H11N5O2S/c1-9(2)12(10,11)7-4-3-6-8-5/h7H,3-4H2,1-2H3. The molecule has 0 radical (unpaired) electrons. The lowest BCUT2D eigenvalue weighted by Gasteiger charge is -2.10. The minimum absolute atomic E-state index is 0.115. The molecule has 0 aliphatic rings. The number of nitrogens with zero attached hydrogens (tertiary/aromatic N) is 4. The first-order valence-electron chi connectivity index (χ1n) is 3.18. The van der Waals surface area contributed by atoms with Crippen LogP contribution in [0.25, 0.3) is 10.4 Å². The summed E-state index contributed by atoms with van der Waals surface area (Å²) in [5.41, 5.74) is 7.88. The van der Waals surface area contributed by atoms with E-state index in [0.717, 1.165) is 4.31 Å². The predicted octanol–water partition coefficient (Wildman–Crippen LogP) is -0.307. The summed E-state index contributed by atoms with van der Waals surface area (Å²) in [7, 11) is -0.553. The molecule has 0 amide bonds. The second-order valence-corrected chi connectivity index (χ2v) is 4.11. The van der Waals surface area contributed by atoms with Crippen molar-refractivity contribution >= 4 is 10.2 Å². The normalized spacial score (nSPS) is 11.2. The van der Waals surface area contributed by atoms with Crippen molar-refractivity contribution in [3.63, 3.8) is 0 Å². The van der Waals surface area contributed by atoms with Crippen LogP contribution in [0.15, 0.2) is 5.11 Å². The largest absolute Gasteiger partial charge is 0.278 e. The van der Waals surface area contributed by atoms with Crippen molar-refractivity contribution in [3.05, 3.63) is 10.4 Å². The van der Waals surface area contributed by atoms with Gasteiger partial charge in [0.2, 0.25) is 0 Å². The quantitative estimate of drug-likeness (QED) is 0.280. The van der Waals surface area contributed by atoms with Gasteiger partial charge in [-0.25, -0.2) is 4.72 Å². The smallest absolute Gasteiger partial charge is 0.202 e. The first-order chi connectivity index (χ1) is 5.50. The number of rotatable bonds is 5. The molecule has 0 spiro atoms. The predicted molar refractivity (Wildman–Crippen MR) is 44.6 cm³/mol. The van der Waals surface area contributed by atoms with E-state index in [0.29, 0.717) is 0 Å². The Kier molecular flexibility index (Phi) is 4.60. The fraction of sp³-hybridized carbons (Fsp3) is 1.00. The summed E-state index contributed by atoms with van der Waals surface area (Å²) in [4.78, 5) is 2.48. The first kappa shape index (κ1) is 11.2. The van der Waals surface area contributed by atoms with Crippen LogP contribution < -0.4 is 4.72 Å². The molecule has 0 aliphatic carbocycles. The Bertz CT molecular complexity index is 265.